The van der Waals surface area contributed by atoms with Gasteiger partial charge in [-0.2, -0.15) is 5.10 Å². The van der Waals surface area contributed by atoms with E-state index in [1.165, 1.54) is 0 Å². The van der Waals surface area contributed by atoms with Gasteiger partial charge in [0.2, 0.25) is 0 Å². The first-order valence-electron chi connectivity index (χ1n) is 7.86. The second-order valence-corrected chi connectivity index (χ2v) is 6.27. The number of nitrogens with one attached hydrogen (secondary N) is 1. The highest BCUT2D eigenvalue weighted by Crippen LogP contribution is 2.22. The van der Waals surface area contributed by atoms with Gasteiger partial charge < -0.3 is 10.4 Å². The van der Waals surface area contributed by atoms with Crippen molar-refractivity contribution >= 4 is 11.9 Å². The van der Waals surface area contributed by atoms with Gasteiger partial charge in [0.05, 0.1) is 0 Å². The fourth-order valence-corrected chi connectivity index (χ4v) is 2.70. The zero-order valence-corrected chi connectivity index (χ0v) is 14.6. The van der Waals surface area contributed by atoms with Crippen LogP contribution in [0.25, 0.3) is 0 Å². The zero-order valence-electron chi connectivity index (χ0n) is 14.6. The first-order valence-corrected chi connectivity index (χ1v) is 7.86. The molecule has 1 aromatic heterocycles. The Kier molecular flexibility index (Phi) is 5.07. The molecule has 0 aliphatic carbocycles. The van der Waals surface area contributed by atoms with Crippen molar-refractivity contribution in [2.45, 2.75) is 39.7 Å². The van der Waals surface area contributed by atoms with Crippen molar-refractivity contribution < 1.29 is 14.7 Å². The Morgan fingerprint density at radius 2 is 1.92 bits per heavy atom. The van der Waals surface area contributed by atoms with Crippen LogP contribution in [-0.4, -0.2) is 26.8 Å². The lowest BCUT2D eigenvalue weighted by Crippen LogP contribution is -2.34. The summed E-state index contributed by atoms with van der Waals surface area (Å²) in [6, 6.07) is 6.01. The molecule has 2 aromatic rings. The van der Waals surface area contributed by atoms with Crippen molar-refractivity contribution in [2.24, 2.45) is 7.05 Å². The maximum Gasteiger partial charge on any atom is 0.330 e. The first-order chi connectivity index (χ1) is 11.2. The van der Waals surface area contributed by atoms with Crippen LogP contribution >= 0.6 is 0 Å². The minimum absolute atomic E-state index is 0.220. The van der Waals surface area contributed by atoms with Crippen LogP contribution in [0.15, 0.2) is 24.3 Å². The normalized spacial score (nSPS) is 12.2. The van der Waals surface area contributed by atoms with Crippen molar-refractivity contribution in [3.63, 3.8) is 0 Å². The molecule has 0 spiro atoms. The molecule has 1 atom stereocenters. The minimum atomic E-state index is -1.11. The van der Waals surface area contributed by atoms with Gasteiger partial charge in [0.15, 0.2) is 6.04 Å². The number of carbonyl (C=O) groups excluding carboxylic acids is 1. The molecule has 128 valence electrons. The number of amides is 1. The number of rotatable bonds is 5. The van der Waals surface area contributed by atoms with E-state index < -0.39 is 17.9 Å². The molecule has 2 rings (SSSR count). The van der Waals surface area contributed by atoms with E-state index in [9.17, 15) is 14.7 Å². The highest BCUT2D eigenvalue weighted by molar-refractivity contribution is 5.95. The van der Waals surface area contributed by atoms with Gasteiger partial charge >= 0.3 is 5.97 Å². The third kappa shape index (κ3) is 3.48. The van der Waals surface area contributed by atoms with Crippen LogP contribution < -0.4 is 5.32 Å². The molecule has 0 saturated carbocycles. The smallest absolute Gasteiger partial charge is 0.330 e. The first kappa shape index (κ1) is 17.7. The summed E-state index contributed by atoms with van der Waals surface area (Å²) in [6.07, 6.45) is 0. The number of hydrogen-bond acceptors (Lipinski definition) is 3. The summed E-state index contributed by atoms with van der Waals surface area (Å²) in [6.45, 7) is 7.78. The van der Waals surface area contributed by atoms with Crippen LogP contribution in [-0.2, 0) is 11.8 Å². The summed E-state index contributed by atoms with van der Waals surface area (Å²) < 4.78 is 1.65. The number of hydrogen-bond donors (Lipinski definition) is 2. The molecular formula is C18H23N3O3. The third-order valence-corrected chi connectivity index (χ3v) is 4.22. The van der Waals surface area contributed by atoms with Gasteiger partial charge in [-0.1, -0.05) is 32.0 Å². The van der Waals surface area contributed by atoms with E-state index in [-0.39, 0.29) is 11.6 Å². The van der Waals surface area contributed by atoms with Crippen molar-refractivity contribution in [2.75, 3.05) is 0 Å². The summed E-state index contributed by atoms with van der Waals surface area (Å²) in [5.41, 5.74) is 3.55. The lowest BCUT2D eigenvalue weighted by atomic mass is 9.97. The van der Waals surface area contributed by atoms with E-state index in [1.54, 1.807) is 29.9 Å². The molecule has 0 fully saturated rings. The molecule has 1 unspecified atom stereocenters. The molecule has 1 aromatic carbocycles. The van der Waals surface area contributed by atoms with Crippen LogP contribution in [0, 0.1) is 13.8 Å². The molecule has 6 nitrogen and oxygen atoms in total. The molecule has 0 radical (unpaired) electrons. The van der Waals surface area contributed by atoms with E-state index in [0.717, 1.165) is 16.8 Å². The highest BCUT2D eigenvalue weighted by atomic mass is 16.4. The maximum atomic E-state index is 12.5. The van der Waals surface area contributed by atoms with E-state index in [1.807, 2.05) is 33.8 Å². The summed E-state index contributed by atoms with van der Waals surface area (Å²) in [4.78, 5) is 24.1. The molecular weight excluding hydrogens is 306 g/mol. The van der Waals surface area contributed by atoms with Crippen LogP contribution in [0.1, 0.15) is 58.7 Å². The van der Waals surface area contributed by atoms with Crippen LogP contribution in [0.5, 0.6) is 0 Å². The lowest BCUT2D eigenvalue weighted by Gasteiger charge is -2.17. The Morgan fingerprint density at radius 1 is 1.25 bits per heavy atom. The molecule has 1 heterocycles. The van der Waals surface area contributed by atoms with Crippen LogP contribution in [0.3, 0.4) is 0 Å². The number of aromatic nitrogens is 2. The van der Waals surface area contributed by atoms with Gasteiger partial charge in [-0.15, -0.1) is 0 Å². The topological polar surface area (TPSA) is 84.2 Å². The van der Waals surface area contributed by atoms with Gasteiger partial charge in [0, 0.05) is 12.7 Å². The van der Waals surface area contributed by atoms with E-state index in [0.29, 0.717) is 5.56 Å². The molecule has 1 amide bonds. The van der Waals surface area contributed by atoms with Gasteiger partial charge in [0.25, 0.3) is 5.91 Å². The summed E-state index contributed by atoms with van der Waals surface area (Å²) in [7, 11) is 1.77. The Hall–Kier alpha value is -2.63. The molecule has 0 saturated heterocycles. The minimum Gasteiger partial charge on any atom is -0.479 e. The summed E-state index contributed by atoms with van der Waals surface area (Å²) in [5, 5.41) is 16.3. The molecule has 6 heteroatoms. The standard InChI is InChI=1S/C18H23N3O3/c1-10(2)15-9-14(20-21(15)5)17(22)19-16(18(23)24)13-8-6-7-11(3)12(13)4/h6-10,16H,1-5H3,(H,19,22)(H,23,24). The van der Waals surface area contributed by atoms with Crippen LogP contribution in [0.2, 0.25) is 0 Å². The second kappa shape index (κ2) is 6.86. The zero-order chi connectivity index (χ0) is 18.0. The fraction of sp³-hybridized carbons (Fsp3) is 0.389. The largest absolute Gasteiger partial charge is 0.479 e. The van der Waals surface area contributed by atoms with Gasteiger partial charge in [-0.25, -0.2) is 4.79 Å². The molecule has 24 heavy (non-hydrogen) atoms. The number of carboxylic acid groups (broad SMARTS) is 1. The molecule has 2 N–H and O–H groups in total. The predicted molar refractivity (Wildman–Crippen MR) is 91.1 cm³/mol. The Labute approximate surface area is 141 Å². The monoisotopic (exact) mass is 329 g/mol. The number of nitrogens with zero attached hydrogens (tertiary/aromatic N) is 2. The van der Waals surface area contributed by atoms with Gasteiger partial charge in [-0.05, 0) is 42.5 Å². The predicted octanol–water partition coefficient (Wildman–Crippen LogP) is 2.72. The number of aryl methyl sites for hydroxylation is 2. The fourth-order valence-electron chi connectivity index (χ4n) is 2.70. The van der Waals surface area contributed by atoms with Crippen molar-refractivity contribution in [1.29, 1.82) is 0 Å². The number of aliphatic carboxylic acids is 1. The summed E-state index contributed by atoms with van der Waals surface area (Å²) in [5.74, 6) is -1.37. The van der Waals surface area contributed by atoms with Gasteiger partial charge in [0.1, 0.15) is 5.69 Å². The lowest BCUT2D eigenvalue weighted by molar-refractivity contribution is -0.139. The van der Waals surface area contributed by atoms with Crippen LogP contribution in [0.4, 0.5) is 0 Å². The average Bonchev–Trinajstić information content (AvgIpc) is 2.90. The third-order valence-electron chi connectivity index (χ3n) is 4.22. The summed E-state index contributed by atoms with van der Waals surface area (Å²) >= 11 is 0. The van der Waals surface area contributed by atoms with Crippen molar-refractivity contribution in [1.82, 2.24) is 15.1 Å². The van der Waals surface area contributed by atoms with E-state index in [4.69, 9.17) is 0 Å². The number of benzene rings is 1. The van der Waals surface area contributed by atoms with Gasteiger partial charge in [-0.3, -0.25) is 9.48 Å². The highest BCUT2D eigenvalue weighted by Gasteiger charge is 2.26. The quantitative estimate of drug-likeness (QED) is 0.883. The van der Waals surface area contributed by atoms with E-state index in [2.05, 4.69) is 10.4 Å². The number of carboxylic acids is 1. The Morgan fingerprint density at radius 3 is 2.46 bits per heavy atom. The average molecular weight is 329 g/mol. The molecule has 0 aliphatic rings. The number of carbonyl (C=O) groups is 2. The maximum absolute atomic E-state index is 12.5. The van der Waals surface area contributed by atoms with Crippen molar-refractivity contribution in [3.05, 3.63) is 52.3 Å². The SMILES string of the molecule is Cc1cccc(C(NC(=O)c2cc(C(C)C)n(C)n2)C(=O)O)c1C. The second-order valence-electron chi connectivity index (χ2n) is 6.27. The van der Waals surface area contributed by atoms with Crippen molar-refractivity contribution in [3.8, 4) is 0 Å². The molecule has 0 aliphatic heterocycles. The van der Waals surface area contributed by atoms with E-state index >= 15 is 0 Å². The Bertz CT molecular complexity index is 778. The molecule has 0 bridgehead atoms. The Balaban J connectivity index is 2.31.